The lowest BCUT2D eigenvalue weighted by Gasteiger charge is -2.21. The summed E-state index contributed by atoms with van der Waals surface area (Å²) >= 11 is 0. The third-order valence-electron chi connectivity index (χ3n) is 8.27. The summed E-state index contributed by atoms with van der Waals surface area (Å²) in [6.07, 6.45) is 6.08. The lowest BCUT2D eigenvalue weighted by molar-refractivity contribution is 0.805. The Kier molecular flexibility index (Phi) is 3.93. The van der Waals surface area contributed by atoms with Crippen molar-refractivity contribution >= 4 is 0 Å². The highest BCUT2D eigenvalue weighted by atomic mass is 14.4. The lowest BCUT2D eigenvalue weighted by atomic mass is 9.83. The van der Waals surface area contributed by atoms with Gasteiger partial charge >= 0.3 is 0 Å². The molecule has 0 spiro atoms. The maximum Gasteiger partial charge on any atom is 0.00363 e. The zero-order chi connectivity index (χ0) is 22.9. The van der Waals surface area contributed by atoms with E-state index in [-0.39, 0.29) is 0 Å². The Balaban J connectivity index is 1.38. The number of hydrogen-bond donors (Lipinski definition) is 0. The molecule has 0 amide bonds. The van der Waals surface area contributed by atoms with Crippen molar-refractivity contribution in [2.45, 2.75) is 18.3 Å². The van der Waals surface area contributed by atoms with Crippen LogP contribution in [0.5, 0.6) is 0 Å². The van der Waals surface area contributed by atoms with Crippen LogP contribution in [0, 0.1) is 0 Å². The Hall–Kier alpha value is -4.16. The zero-order valence-electron chi connectivity index (χ0n) is 19.4. The Morgan fingerprint density at radius 1 is 0.314 bits per heavy atom. The molecule has 20 rings (SSSR count). The Bertz CT molecular complexity index is 1490. The molecule has 0 aromatic heterocycles. The third kappa shape index (κ3) is 2.87. The maximum absolute atomic E-state index is 2.43. The average molecular weight is 445 g/mol. The van der Waals surface area contributed by atoms with Crippen molar-refractivity contribution in [1.29, 1.82) is 0 Å². The number of fused-ring (bicyclic) bond motifs is 2. The molecule has 0 N–H and O–H groups in total. The molecule has 0 heterocycles. The summed E-state index contributed by atoms with van der Waals surface area (Å²) in [5, 5.41) is 0. The molecule has 5 aromatic carbocycles. The number of benzene rings is 5. The minimum Gasteiger partial charge on any atom is -0.0803 e. The molecule has 164 valence electrons. The minimum absolute atomic E-state index is 0.535. The molecule has 2 unspecified atom stereocenters. The van der Waals surface area contributed by atoms with Gasteiger partial charge < -0.3 is 0 Å². The van der Waals surface area contributed by atoms with Gasteiger partial charge in [0.25, 0.3) is 0 Å². The molecule has 0 radical (unpaired) electrons. The zero-order valence-corrected chi connectivity index (χ0v) is 19.4. The van der Waals surface area contributed by atoms with Crippen molar-refractivity contribution in [3.8, 4) is 55.6 Å². The second kappa shape index (κ2) is 7.17. The predicted octanol–water partition coefficient (Wildman–Crippen LogP) is 9.48. The Morgan fingerprint density at radius 3 is 0.857 bits per heavy atom. The van der Waals surface area contributed by atoms with Crippen molar-refractivity contribution in [3.63, 3.8) is 0 Å². The molecule has 0 fully saturated rings. The van der Waals surface area contributed by atoms with E-state index in [4.69, 9.17) is 0 Å². The SMILES string of the molecule is C1=CC2CC1c1c3ccc(c12)-c1ccc(cc1)-c1ccc(cc1)-c1ccc(cc1)-c1ccc-3cc1. The summed E-state index contributed by atoms with van der Waals surface area (Å²) in [7, 11) is 0. The van der Waals surface area contributed by atoms with Crippen LogP contribution in [-0.4, -0.2) is 0 Å². The van der Waals surface area contributed by atoms with E-state index < -0.39 is 0 Å². The van der Waals surface area contributed by atoms with Crippen LogP contribution in [0.15, 0.2) is 121 Å². The predicted molar refractivity (Wildman–Crippen MR) is 146 cm³/mol. The smallest absolute Gasteiger partial charge is 0.00363 e. The molecule has 5 aromatic rings. The van der Waals surface area contributed by atoms with Crippen LogP contribution in [0.2, 0.25) is 0 Å². The fourth-order valence-electron chi connectivity index (χ4n) is 6.46. The van der Waals surface area contributed by atoms with Crippen LogP contribution in [0.25, 0.3) is 55.6 Å². The monoisotopic (exact) mass is 444 g/mol. The highest BCUT2D eigenvalue weighted by Crippen LogP contribution is 2.55. The Labute approximate surface area is 206 Å². The molecule has 0 heteroatoms. The summed E-state index contributed by atoms with van der Waals surface area (Å²) in [4.78, 5) is 0. The van der Waals surface area contributed by atoms with Crippen LogP contribution in [0.3, 0.4) is 0 Å². The van der Waals surface area contributed by atoms with Gasteiger partial charge in [-0.25, -0.2) is 0 Å². The topological polar surface area (TPSA) is 0 Å². The molecule has 2 atom stereocenters. The van der Waals surface area contributed by atoms with E-state index in [2.05, 4.69) is 121 Å². The first-order valence-electron chi connectivity index (χ1n) is 12.6. The average Bonchev–Trinajstić information content (AvgIpc) is 3.56. The summed E-state index contributed by atoms with van der Waals surface area (Å²) in [5.74, 6) is 1.07. The van der Waals surface area contributed by atoms with Gasteiger partial charge in [-0.15, -0.1) is 0 Å². The fourth-order valence-corrected chi connectivity index (χ4v) is 6.46. The fraction of sp³-hybridized carbons (Fsp3) is 0.0857. The van der Waals surface area contributed by atoms with E-state index in [1.165, 1.54) is 62.1 Å². The minimum atomic E-state index is 0.535. The number of rotatable bonds is 0. The van der Waals surface area contributed by atoms with Crippen molar-refractivity contribution in [2.75, 3.05) is 0 Å². The number of allylic oxidation sites excluding steroid dienone is 2. The molecule has 0 saturated heterocycles. The molecule has 12 bridgehead atoms. The maximum atomic E-state index is 2.43. The molecular formula is C35H24. The van der Waals surface area contributed by atoms with Crippen molar-refractivity contribution in [2.24, 2.45) is 0 Å². The van der Waals surface area contributed by atoms with Crippen molar-refractivity contribution < 1.29 is 0 Å². The third-order valence-corrected chi connectivity index (χ3v) is 8.27. The van der Waals surface area contributed by atoms with Gasteiger partial charge in [-0.3, -0.25) is 0 Å². The molecular weight excluding hydrogens is 420 g/mol. The summed E-state index contributed by atoms with van der Waals surface area (Å²) < 4.78 is 0. The van der Waals surface area contributed by atoms with E-state index in [0.29, 0.717) is 11.8 Å². The molecule has 15 aliphatic carbocycles. The van der Waals surface area contributed by atoms with E-state index in [1.54, 1.807) is 11.1 Å². The van der Waals surface area contributed by atoms with Gasteiger partial charge in [0, 0.05) is 11.8 Å². The van der Waals surface area contributed by atoms with E-state index in [0.717, 1.165) is 0 Å². The first-order valence-corrected chi connectivity index (χ1v) is 12.6. The standard InChI is InChI=1S/C35H24/c1-5-24-6-2-22(1)23-3-7-25(8-4-23)27-11-15-29(16-12-27)33-20-19-32(28-13-9-26(24)10-14-28)34-30-17-18-31(21-30)35(33)34/h1-20,30-31H,21H2. The summed E-state index contributed by atoms with van der Waals surface area (Å²) in [6, 6.07) is 41.0. The molecule has 35 heavy (non-hydrogen) atoms. The number of hydrogen-bond acceptors (Lipinski definition) is 0. The van der Waals surface area contributed by atoms with Crippen molar-refractivity contribution in [1.82, 2.24) is 0 Å². The van der Waals surface area contributed by atoms with Gasteiger partial charge in [-0.1, -0.05) is 121 Å². The molecule has 15 aliphatic rings. The van der Waals surface area contributed by atoms with E-state index in [9.17, 15) is 0 Å². The van der Waals surface area contributed by atoms with E-state index in [1.807, 2.05) is 0 Å². The van der Waals surface area contributed by atoms with Gasteiger partial charge in [0.05, 0.1) is 0 Å². The van der Waals surface area contributed by atoms with Crippen LogP contribution >= 0.6 is 0 Å². The van der Waals surface area contributed by atoms with Crippen LogP contribution in [-0.2, 0) is 0 Å². The normalized spacial score (nSPS) is 18.1. The first-order chi connectivity index (χ1) is 17.3. The molecule has 0 nitrogen and oxygen atoms in total. The second-order valence-corrected chi connectivity index (χ2v) is 10.1. The van der Waals surface area contributed by atoms with Crippen molar-refractivity contribution in [3.05, 3.63) is 132 Å². The van der Waals surface area contributed by atoms with Crippen LogP contribution in [0.1, 0.15) is 29.4 Å². The van der Waals surface area contributed by atoms with Crippen LogP contribution < -0.4 is 0 Å². The summed E-state index contributed by atoms with van der Waals surface area (Å²) in [5.41, 5.74) is 16.1. The second-order valence-electron chi connectivity index (χ2n) is 10.1. The highest BCUT2D eigenvalue weighted by Gasteiger charge is 2.36. The largest absolute Gasteiger partial charge is 0.0803 e. The van der Waals surface area contributed by atoms with Gasteiger partial charge in [-0.05, 0) is 73.2 Å². The van der Waals surface area contributed by atoms with Crippen LogP contribution in [0.4, 0.5) is 0 Å². The first kappa shape index (κ1) is 19.2. The van der Waals surface area contributed by atoms with Gasteiger partial charge in [0.2, 0.25) is 0 Å². The molecule has 0 saturated carbocycles. The van der Waals surface area contributed by atoms with E-state index >= 15 is 0 Å². The Morgan fingerprint density at radius 2 is 0.571 bits per heavy atom. The van der Waals surface area contributed by atoms with Gasteiger partial charge in [0.1, 0.15) is 0 Å². The summed E-state index contributed by atoms with van der Waals surface area (Å²) in [6.45, 7) is 0. The lowest BCUT2D eigenvalue weighted by Crippen LogP contribution is -2.00. The highest BCUT2D eigenvalue weighted by molar-refractivity contribution is 5.83. The van der Waals surface area contributed by atoms with Gasteiger partial charge in [0.15, 0.2) is 0 Å². The van der Waals surface area contributed by atoms with Gasteiger partial charge in [-0.2, -0.15) is 0 Å². The quantitative estimate of drug-likeness (QED) is 0.205. The molecule has 0 aliphatic heterocycles.